The van der Waals surface area contributed by atoms with E-state index >= 15 is 0 Å². The lowest BCUT2D eigenvalue weighted by Gasteiger charge is -2.03. The van der Waals surface area contributed by atoms with Crippen LogP contribution < -0.4 is 5.73 Å². The van der Waals surface area contributed by atoms with Crippen LogP contribution in [0.2, 0.25) is 0 Å². The molecule has 164 valence electrons. The summed E-state index contributed by atoms with van der Waals surface area (Å²) in [6, 6.07) is 0. The molecule has 0 saturated heterocycles. The standard InChI is InChI=1S/C26H49NO/c1-3-4-5-6-7-8-9-10-11-12-13-14-15-16-17-18-19-20-21-22-23-24-25(2)26(27)28/h22-24H,3-21H2,1-2H3,(H2,27,28)/b23-22+,25-24+. The van der Waals surface area contributed by atoms with Gasteiger partial charge in [0.1, 0.15) is 0 Å². The van der Waals surface area contributed by atoms with E-state index in [0.717, 1.165) is 6.42 Å². The summed E-state index contributed by atoms with van der Waals surface area (Å²) in [6.45, 7) is 4.04. The van der Waals surface area contributed by atoms with Gasteiger partial charge >= 0.3 is 0 Å². The normalized spacial score (nSPS) is 12.1. The van der Waals surface area contributed by atoms with Crippen LogP contribution in [0.4, 0.5) is 0 Å². The van der Waals surface area contributed by atoms with Gasteiger partial charge in [-0.15, -0.1) is 0 Å². The molecule has 0 atom stereocenters. The first-order chi connectivity index (χ1) is 13.7. The molecular formula is C26H49NO. The molecule has 0 spiro atoms. The second-order valence-corrected chi connectivity index (χ2v) is 8.44. The summed E-state index contributed by atoms with van der Waals surface area (Å²) in [5, 5.41) is 0. The van der Waals surface area contributed by atoms with Crippen molar-refractivity contribution >= 4 is 5.91 Å². The van der Waals surface area contributed by atoms with Crippen LogP contribution in [-0.2, 0) is 4.79 Å². The number of nitrogens with two attached hydrogens (primary N) is 1. The summed E-state index contributed by atoms with van der Waals surface area (Å²) in [5.74, 6) is -0.335. The second kappa shape index (κ2) is 22.2. The maximum Gasteiger partial charge on any atom is 0.244 e. The van der Waals surface area contributed by atoms with Crippen molar-refractivity contribution < 1.29 is 4.79 Å². The Bertz CT molecular complexity index is 397. The van der Waals surface area contributed by atoms with E-state index in [0.29, 0.717) is 5.57 Å². The molecule has 2 nitrogen and oxygen atoms in total. The van der Waals surface area contributed by atoms with Gasteiger partial charge in [-0.05, 0) is 19.8 Å². The number of allylic oxidation sites excluding steroid dienone is 3. The zero-order valence-electron chi connectivity index (χ0n) is 19.2. The highest BCUT2D eigenvalue weighted by Gasteiger charge is 1.95. The third kappa shape index (κ3) is 21.3. The molecule has 0 aromatic heterocycles. The monoisotopic (exact) mass is 391 g/mol. The summed E-state index contributed by atoms with van der Waals surface area (Å²) in [4.78, 5) is 10.9. The Kier molecular flexibility index (Phi) is 21.4. The van der Waals surface area contributed by atoms with E-state index in [4.69, 9.17) is 5.73 Å². The van der Waals surface area contributed by atoms with E-state index < -0.39 is 0 Å². The minimum Gasteiger partial charge on any atom is -0.366 e. The smallest absolute Gasteiger partial charge is 0.244 e. The van der Waals surface area contributed by atoms with Gasteiger partial charge in [-0.3, -0.25) is 4.79 Å². The lowest BCUT2D eigenvalue weighted by Crippen LogP contribution is -2.11. The van der Waals surface area contributed by atoms with Gasteiger partial charge in [-0.1, -0.05) is 134 Å². The van der Waals surface area contributed by atoms with Crippen LogP contribution in [0.1, 0.15) is 136 Å². The number of hydrogen-bond donors (Lipinski definition) is 1. The third-order valence-corrected chi connectivity index (χ3v) is 5.60. The Morgan fingerprint density at radius 3 is 1.36 bits per heavy atom. The molecule has 0 heterocycles. The van der Waals surface area contributed by atoms with E-state index in [2.05, 4.69) is 13.0 Å². The van der Waals surface area contributed by atoms with Gasteiger partial charge in [0.15, 0.2) is 0 Å². The summed E-state index contributed by atoms with van der Waals surface area (Å²) < 4.78 is 0. The molecule has 2 heteroatoms. The molecule has 0 aromatic rings. The topological polar surface area (TPSA) is 43.1 Å². The predicted octanol–water partition coefficient (Wildman–Crippen LogP) is 8.41. The average molecular weight is 392 g/mol. The van der Waals surface area contributed by atoms with Crippen LogP contribution >= 0.6 is 0 Å². The highest BCUT2D eigenvalue weighted by atomic mass is 16.1. The van der Waals surface area contributed by atoms with Crippen molar-refractivity contribution in [2.45, 2.75) is 136 Å². The number of carbonyl (C=O) groups is 1. The van der Waals surface area contributed by atoms with Gasteiger partial charge < -0.3 is 5.73 Å². The molecule has 0 rings (SSSR count). The molecule has 0 bridgehead atoms. The van der Waals surface area contributed by atoms with Gasteiger partial charge in [0.25, 0.3) is 0 Å². The minimum atomic E-state index is -0.335. The Morgan fingerprint density at radius 2 is 1.00 bits per heavy atom. The lowest BCUT2D eigenvalue weighted by molar-refractivity contribution is -0.114. The summed E-state index contributed by atoms with van der Waals surface area (Å²) >= 11 is 0. The molecule has 0 fully saturated rings. The van der Waals surface area contributed by atoms with Crippen molar-refractivity contribution in [3.63, 3.8) is 0 Å². The average Bonchev–Trinajstić information content (AvgIpc) is 2.68. The Morgan fingerprint density at radius 1 is 0.643 bits per heavy atom. The Hall–Kier alpha value is -1.05. The molecule has 0 aliphatic heterocycles. The van der Waals surface area contributed by atoms with Gasteiger partial charge in [0, 0.05) is 5.57 Å². The fourth-order valence-corrected chi connectivity index (χ4v) is 3.55. The van der Waals surface area contributed by atoms with Gasteiger partial charge in [-0.25, -0.2) is 0 Å². The highest BCUT2D eigenvalue weighted by molar-refractivity contribution is 5.91. The van der Waals surface area contributed by atoms with Crippen LogP contribution in [0.5, 0.6) is 0 Å². The number of unbranched alkanes of at least 4 members (excludes halogenated alkanes) is 18. The van der Waals surface area contributed by atoms with Crippen LogP contribution in [0, 0.1) is 0 Å². The molecule has 1 amide bonds. The first kappa shape index (κ1) is 27.0. The number of hydrogen-bond acceptors (Lipinski definition) is 1. The molecular weight excluding hydrogens is 342 g/mol. The highest BCUT2D eigenvalue weighted by Crippen LogP contribution is 2.14. The van der Waals surface area contributed by atoms with Crippen LogP contribution in [-0.4, -0.2) is 5.91 Å². The third-order valence-electron chi connectivity index (χ3n) is 5.60. The first-order valence-corrected chi connectivity index (χ1v) is 12.3. The fourth-order valence-electron chi connectivity index (χ4n) is 3.55. The molecule has 0 radical (unpaired) electrons. The van der Waals surface area contributed by atoms with Crippen LogP contribution in [0.15, 0.2) is 23.8 Å². The van der Waals surface area contributed by atoms with Gasteiger partial charge in [0.2, 0.25) is 5.91 Å². The second-order valence-electron chi connectivity index (χ2n) is 8.44. The molecule has 28 heavy (non-hydrogen) atoms. The molecule has 0 aromatic carbocycles. The van der Waals surface area contributed by atoms with Crippen molar-refractivity contribution in [2.75, 3.05) is 0 Å². The number of amides is 1. The molecule has 0 unspecified atom stereocenters. The van der Waals surface area contributed by atoms with Crippen molar-refractivity contribution in [3.8, 4) is 0 Å². The number of carbonyl (C=O) groups excluding carboxylic acids is 1. The SMILES string of the molecule is CCCCCCCCCCCCCCCCCCCC/C=C/C=C(\C)C(N)=O. The lowest BCUT2D eigenvalue weighted by atomic mass is 10.0. The van der Waals surface area contributed by atoms with Crippen molar-refractivity contribution in [1.29, 1.82) is 0 Å². The predicted molar refractivity (Wildman–Crippen MR) is 125 cm³/mol. The zero-order chi connectivity index (χ0) is 20.7. The van der Waals surface area contributed by atoms with Crippen LogP contribution in [0.3, 0.4) is 0 Å². The summed E-state index contributed by atoms with van der Waals surface area (Å²) in [6.07, 6.45) is 32.5. The Balaban J connectivity index is 3.15. The zero-order valence-corrected chi connectivity index (χ0v) is 19.2. The maximum absolute atomic E-state index is 10.9. The molecule has 0 aliphatic rings. The minimum absolute atomic E-state index is 0.335. The van der Waals surface area contributed by atoms with Crippen molar-refractivity contribution in [3.05, 3.63) is 23.8 Å². The summed E-state index contributed by atoms with van der Waals surface area (Å²) in [5.41, 5.74) is 5.80. The molecule has 0 aliphatic carbocycles. The fraction of sp³-hybridized carbons (Fsp3) is 0.808. The first-order valence-electron chi connectivity index (χ1n) is 12.3. The van der Waals surface area contributed by atoms with Crippen molar-refractivity contribution in [1.82, 2.24) is 0 Å². The van der Waals surface area contributed by atoms with E-state index in [-0.39, 0.29) is 5.91 Å². The van der Waals surface area contributed by atoms with Gasteiger partial charge in [-0.2, -0.15) is 0 Å². The van der Waals surface area contributed by atoms with E-state index in [1.807, 2.05) is 6.08 Å². The molecule has 0 saturated carbocycles. The largest absolute Gasteiger partial charge is 0.366 e. The van der Waals surface area contributed by atoms with E-state index in [1.165, 1.54) is 116 Å². The number of primary amides is 1. The van der Waals surface area contributed by atoms with Crippen LogP contribution in [0.25, 0.3) is 0 Å². The number of rotatable bonds is 21. The Labute approximate surface area is 176 Å². The van der Waals surface area contributed by atoms with E-state index in [1.54, 1.807) is 13.0 Å². The van der Waals surface area contributed by atoms with Gasteiger partial charge in [0.05, 0.1) is 0 Å². The van der Waals surface area contributed by atoms with Crippen molar-refractivity contribution in [2.24, 2.45) is 5.73 Å². The maximum atomic E-state index is 10.9. The molecule has 2 N–H and O–H groups in total. The quantitative estimate of drug-likeness (QED) is 0.119. The van der Waals surface area contributed by atoms with E-state index in [9.17, 15) is 4.79 Å². The summed E-state index contributed by atoms with van der Waals surface area (Å²) in [7, 11) is 0.